The van der Waals surface area contributed by atoms with E-state index in [4.69, 9.17) is 9.84 Å². The van der Waals surface area contributed by atoms with Crippen molar-refractivity contribution >= 4 is 5.97 Å². The SMILES string of the molecule is CC(C)C=CCC(=O)OCc1ccc(O)c(CO)c1. The van der Waals surface area contributed by atoms with Crippen LogP contribution >= 0.6 is 0 Å². The fraction of sp³-hybridized carbons (Fsp3) is 0.400. The zero-order valence-corrected chi connectivity index (χ0v) is 11.3. The monoisotopic (exact) mass is 264 g/mol. The van der Waals surface area contributed by atoms with Gasteiger partial charge in [0, 0.05) is 5.56 Å². The predicted octanol–water partition coefficient (Wildman–Crippen LogP) is 2.53. The first-order chi connectivity index (χ1) is 9.02. The molecule has 0 unspecified atom stereocenters. The number of benzene rings is 1. The van der Waals surface area contributed by atoms with Crippen molar-refractivity contribution in [2.75, 3.05) is 0 Å². The molecule has 4 nitrogen and oxygen atoms in total. The van der Waals surface area contributed by atoms with Crippen LogP contribution in [-0.2, 0) is 22.7 Å². The van der Waals surface area contributed by atoms with Crippen molar-refractivity contribution in [3.63, 3.8) is 0 Å². The van der Waals surface area contributed by atoms with Gasteiger partial charge < -0.3 is 14.9 Å². The van der Waals surface area contributed by atoms with Crippen LogP contribution in [0.25, 0.3) is 0 Å². The van der Waals surface area contributed by atoms with Gasteiger partial charge in [-0.2, -0.15) is 0 Å². The lowest BCUT2D eigenvalue weighted by atomic mass is 10.1. The fourth-order valence-electron chi connectivity index (χ4n) is 1.51. The summed E-state index contributed by atoms with van der Waals surface area (Å²) in [7, 11) is 0. The zero-order chi connectivity index (χ0) is 14.3. The summed E-state index contributed by atoms with van der Waals surface area (Å²) in [6.07, 6.45) is 4.00. The molecule has 0 aliphatic carbocycles. The van der Waals surface area contributed by atoms with Gasteiger partial charge in [-0.1, -0.05) is 32.1 Å². The number of ether oxygens (including phenoxy) is 1. The Kier molecular flexibility index (Phi) is 6.09. The maximum absolute atomic E-state index is 11.4. The summed E-state index contributed by atoms with van der Waals surface area (Å²) in [4.78, 5) is 11.4. The molecular weight excluding hydrogens is 244 g/mol. The first-order valence-electron chi connectivity index (χ1n) is 6.27. The molecule has 2 N–H and O–H groups in total. The van der Waals surface area contributed by atoms with E-state index in [2.05, 4.69) is 0 Å². The summed E-state index contributed by atoms with van der Waals surface area (Å²) < 4.78 is 5.10. The van der Waals surface area contributed by atoms with E-state index < -0.39 is 0 Å². The third-order valence-corrected chi connectivity index (χ3v) is 2.52. The van der Waals surface area contributed by atoms with Crippen molar-refractivity contribution < 1.29 is 19.7 Å². The lowest BCUT2D eigenvalue weighted by molar-refractivity contribution is -0.143. The van der Waals surface area contributed by atoms with Crippen LogP contribution in [0.5, 0.6) is 5.75 Å². The number of carbonyl (C=O) groups excluding carboxylic acids is 1. The number of carbonyl (C=O) groups is 1. The molecule has 0 aliphatic rings. The van der Waals surface area contributed by atoms with Crippen LogP contribution in [0.3, 0.4) is 0 Å². The molecule has 0 heterocycles. The highest BCUT2D eigenvalue weighted by atomic mass is 16.5. The smallest absolute Gasteiger partial charge is 0.309 e. The molecule has 0 aliphatic heterocycles. The van der Waals surface area contributed by atoms with E-state index in [1.165, 1.54) is 6.07 Å². The molecule has 1 aromatic rings. The lowest BCUT2D eigenvalue weighted by Gasteiger charge is -2.06. The van der Waals surface area contributed by atoms with Gasteiger partial charge in [0.15, 0.2) is 0 Å². The molecule has 104 valence electrons. The van der Waals surface area contributed by atoms with Gasteiger partial charge in [0.2, 0.25) is 0 Å². The maximum atomic E-state index is 11.4. The van der Waals surface area contributed by atoms with Crippen LogP contribution in [0.1, 0.15) is 31.4 Å². The van der Waals surface area contributed by atoms with Crippen LogP contribution in [0.15, 0.2) is 30.4 Å². The summed E-state index contributed by atoms with van der Waals surface area (Å²) >= 11 is 0. The molecule has 19 heavy (non-hydrogen) atoms. The Morgan fingerprint density at radius 3 is 2.79 bits per heavy atom. The molecule has 4 heteroatoms. The largest absolute Gasteiger partial charge is 0.508 e. The van der Waals surface area contributed by atoms with Gasteiger partial charge in [0.05, 0.1) is 13.0 Å². The molecule has 0 spiro atoms. The molecule has 0 aromatic heterocycles. The highest BCUT2D eigenvalue weighted by Gasteiger charge is 2.04. The Balaban J connectivity index is 2.46. The number of allylic oxidation sites excluding steroid dienone is 1. The van der Waals surface area contributed by atoms with Gasteiger partial charge in [-0.05, 0) is 23.6 Å². The van der Waals surface area contributed by atoms with Gasteiger partial charge in [-0.25, -0.2) is 0 Å². The molecule has 1 rings (SSSR count). The van der Waals surface area contributed by atoms with E-state index in [0.29, 0.717) is 11.5 Å². The standard InChI is InChI=1S/C15H20O4/c1-11(2)4-3-5-15(18)19-10-12-6-7-14(17)13(8-12)9-16/h3-4,6-8,11,16-17H,5,9-10H2,1-2H3. The van der Waals surface area contributed by atoms with E-state index in [1.54, 1.807) is 18.2 Å². The number of hydrogen-bond acceptors (Lipinski definition) is 4. The van der Waals surface area contributed by atoms with Crippen molar-refractivity contribution in [1.82, 2.24) is 0 Å². The minimum atomic E-state index is -0.296. The summed E-state index contributed by atoms with van der Waals surface area (Å²) in [6.45, 7) is 3.97. The Morgan fingerprint density at radius 2 is 2.16 bits per heavy atom. The van der Waals surface area contributed by atoms with E-state index >= 15 is 0 Å². The average Bonchev–Trinajstić information content (AvgIpc) is 2.37. The van der Waals surface area contributed by atoms with Crippen molar-refractivity contribution in [3.8, 4) is 5.75 Å². The van der Waals surface area contributed by atoms with Crippen molar-refractivity contribution in [2.24, 2.45) is 5.92 Å². The van der Waals surface area contributed by atoms with E-state index in [9.17, 15) is 9.90 Å². The van der Waals surface area contributed by atoms with Crippen molar-refractivity contribution in [3.05, 3.63) is 41.5 Å². The van der Waals surface area contributed by atoms with Crippen molar-refractivity contribution in [1.29, 1.82) is 0 Å². The highest BCUT2D eigenvalue weighted by Crippen LogP contribution is 2.18. The molecule has 1 aromatic carbocycles. The Bertz CT molecular complexity index is 449. The summed E-state index contributed by atoms with van der Waals surface area (Å²) in [6, 6.07) is 4.76. The first-order valence-corrected chi connectivity index (χ1v) is 6.27. The number of aliphatic hydroxyl groups excluding tert-OH is 1. The number of phenols is 1. The second-order valence-electron chi connectivity index (χ2n) is 4.66. The molecule has 0 saturated carbocycles. The molecular formula is C15H20O4. The Labute approximate surface area is 113 Å². The number of esters is 1. The highest BCUT2D eigenvalue weighted by molar-refractivity contribution is 5.71. The molecule has 0 saturated heterocycles. The molecule has 0 bridgehead atoms. The van der Waals surface area contributed by atoms with Gasteiger partial charge in [0.25, 0.3) is 0 Å². The predicted molar refractivity (Wildman–Crippen MR) is 72.4 cm³/mol. The summed E-state index contributed by atoms with van der Waals surface area (Å²) in [5.74, 6) is 0.157. The van der Waals surface area contributed by atoms with E-state index in [1.807, 2.05) is 19.9 Å². The Hall–Kier alpha value is -1.81. The van der Waals surface area contributed by atoms with E-state index in [-0.39, 0.29) is 31.4 Å². The summed E-state index contributed by atoms with van der Waals surface area (Å²) in [5.41, 5.74) is 1.16. The number of rotatable bonds is 6. The second-order valence-corrected chi connectivity index (χ2v) is 4.66. The third kappa shape index (κ3) is 5.57. The quantitative estimate of drug-likeness (QED) is 0.612. The second kappa shape index (κ2) is 7.59. The summed E-state index contributed by atoms with van der Waals surface area (Å²) in [5, 5.41) is 18.4. The fourth-order valence-corrected chi connectivity index (χ4v) is 1.51. The number of aromatic hydroxyl groups is 1. The van der Waals surface area contributed by atoms with Crippen LogP contribution < -0.4 is 0 Å². The van der Waals surface area contributed by atoms with Gasteiger partial charge >= 0.3 is 5.97 Å². The van der Waals surface area contributed by atoms with Crippen LogP contribution in [0, 0.1) is 5.92 Å². The normalized spacial score (nSPS) is 11.2. The zero-order valence-electron chi connectivity index (χ0n) is 11.3. The van der Waals surface area contributed by atoms with Crippen LogP contribution in [0.2, 0.25) is 0 Å². The Morgan fingerprint density at radius 1 is 1.42 bits per heavy atom. The lowest BCUT2D eigenvalue weighted by Crippen LogP contribution is -2.03. The number of aliphatic hydroxyl groups is 1. The van der Waals surface area contributed by atoms with Gasteiger partial charge in [0.1, 0.15) is 12.4 Å². The molecule has 0 atom stereocenters. The number of hydrogen-bond donors (Lipinski definition) is 2. The van der Waals surface area contributed by atoms with E-state index in [0.717, 1.165) is 5.56 Å². The molecule has 0 fully saturated rings. The maximum Gasteiger partial charge on any atom is 0.309 e. The van der Waals surface area contributed by atoms with Gasteiger partial charge in [-0.3, -0.25) is 4.79 Å². The minimum absolute atomic E-state index is 0.0393. The minimum Gasteiger partial charge on any atom is -0.508 e. The first kappa shape index (κ1) is 15.2. The average molecular weight is 264 g/mol. The molecule has 0 amide bonds. The topological polar surface area (TPSA) is 66.8 Å². The third-order valence-electron chi connectivity index (χ3n) is 2.52. The van der Waals surface area contributed by atoms with Gasteiger partial charge in [-0.15, -0.1) is 0 Å². The van der Waals surface area contributed by atoms with Crippen LogP contribution in [-0.4, -0.2) is 16.2 Å². The molecule has 0 radical (unpaired) electrons. The van der Waals surface area contributed by atoms with Crippen LogP contribution in [0.4, 0.5) is 0 Å². The van der Waals surface area contributed by atoms with Crippen molar-refractivity contribution in [2.45, 2.75) is 33.5 Å².